The molecule has 0 bridgehead atoms. The van der Waals surface area contributed by atoms with Gasteiger partial charge in [-0.15, -0.1) is 0 Å². The molecule has 0 aliphatic heterocycles. The fraction of sp³-hybridized carbons (Fsp3) is 0.333. The average molecular weight is 268 g/mol. The largest absolute Gasteiger partial charge is 0.388 e. The van der Waals surface area contributed by atoms with Crippen molar-refractivity contribution in [3.05, 3.63) is 58.7 Å². The lowest BCUT2D eigenvalue weighted by Crippen LogP contribution is -2.17. The van der Waals surface area contributed by atoms with Gasteiger partial charge in [-0.05, 0) is 61.2 Å². The molecule has 0 heterocycles. The van der Waals surface area contributed by atoms with E-state index in [9.17, 15) is 0 Å². The van der Waals surface area contributed by atoms with Crippen molar-refractivity contribution in [2.24, 2.45) is 0 Å². The van der Waals surface area contributed by atoms with E-state index in [4.69, 9.17) is 0 Å². The summed E-state index contributed by atoms with van der Waals surface area (Å²) < 4.78 is 0. The van der Waals surface area contributed by atoms with E-state index in [0.29, 0.717) is 0 Å². The molecular formula is C18H24N2. The SMILES string of the molecule is CNc1cccc(N(C)Cc2cc(C)c(C)cc2C)c1. The Morgan fingerprint density at radius 3 is 2.35 bits per heavy atom. The first-order valence-corrected chi connectivity index (χ1v) is 7.07. The Morgan fingerprint density at radius 1 is 0.950 bits per heavy atom. The second-order valence-electron chi connectivity index (χ2n) is 5.52. The van der Waals surface area contributed by atoms with Crippen LogP contribution < -0.4 is 10.2 Å². The van der Waals surface area contributed by atoms with Crippen LogP contribution in [0.1, 0.15) is 22.3 Å². The summed E-state index contributed by atoms with van der Waals surface area (Å²) in [7, 11) is 4.09. The van der Waals surface area contributed by atoms with Crippen LogP contribution in [0.2, 0.25) is 0 Å². The van der Waals surface area contributed by atoms with Gasteiger partial charge in [0.25, 0.3) is 0 Å². The Hall–Kier alpha value is -1.96. The molecule has 0 unspecified atom stereocenters. The maximum atomic E-state index is 3.19. The molecule has 2 rings (SSSR count). The topological polar surface area (TPSA) is 15.3 Å². The minimum absolute atomic E-state index is 0.931. The molecule has 1 N–H and O–H groups in total. The lowest BCUT2D eigenvalue weighted by atomic mass is 10.0. The fourth-order valence-corrected chi connectivity index (χ4v) is 2.44. The predicted octanol–water partition coefficient (Wildman–Crippen LogP) is 4.29. The van der Waals surface area contributed by atoms with Gasteiger partial charge in [-0.3, -0.25) is 0 Å². The van der Waals surface area contributed by atoms with Gasteiger partial charge in [0, 0.05) is 32.0 Å². The molecule has 2 heteroatoms. The van der Waals surface area contributed by atoms with Crippen LogP contribution in [0.3, 0.4) is 0 Å². The monoisotopic (exact) mass is 268 g/mol. The summed E-state index contributed by atoms with van der Waals surface area (Å²) in [6, 6.07) is 13.1. The van der Waals surface area contributed by atoms with Crippen LogP contribution in [0.25, 0.3) is 0 Å². The molecule has 2 aromatic rings. The van der Waals surface area contributed by atoms with Crippen LogP contribution in [0, 0.1) is 20.8 Å². The van der Waals surface area contributed by atoms with E-state index < -0.39 is 0 Å². The van der Waals surface area contributed by atoms with Gasteiger partial charge in [0.05, 0.1) is 0 Å². The van der Waals surface area contributed by atoms with E-state index in [1.807, 2.05) is 7.05 Å². The Bertz CT molecular complexity index is 602. The van der Waals surface area contributed by atoms with Crippen LogP contribution >= 0.6 is 0 Å². The van der Waals surface area contributed by atoms with Crippen LogP contribution in [0.5, 0.6) is 0 Å². The summed E-state index contributed by atoms with van der Waals surface area (Å²) in [5.74, 6) is 0. The van der Waals surface area contributed by atoms with E-state index in [1.165, 1.54) is 27.9 Å². The second kappa shape index (κ2) is 6.00. The van der Waals surface area contributed by atoms with Crippen LogP contribution in [0.4, 0.5) is 11.4 Å². The fourth-order valence-electron chi connectivity index (χ4n) is 2.44. The zero-order chi connectivity index (χ0) is 14.7. The highest BCUT2D eigenvalue weighted by Gasteiger charge is 2.07. The van der Waals surface area contributed by atoms with Gasteiger partial charge in [0.15, 0.2) is 0 Å². The molecule has 0 aliphatic rings. The Balaban J connectivity index is 2.23. The predicted molar refractivity (Wildman–Crippen MR) is 88.7 cm³/mol. The minimum atomic E-state index is 0.931. The van der Waals surface area contributed by atoms with Crippen molar-refractivity contribution in [3.8, 4) is 0 Å². The van der Waals surface area contributed by atoms with E-state index >= 15 is 0 Å². The Kier molecular flexibility index (Phi) is 4.33. The third-order valence-electron chi connectivity index (χ3n) is 3.94. The molecule has 0 radical (unpaired) electrons. The molecular weight excluding hydrogens is 244 g/mol. The van der Waals surface area contributed by atoms with Crippen LogP contribution in [0.15, 0.2) is 36.4 Å². The Labute approximate surface area is 122 Å². The van der Waals surface area contributed by atoms with Crippen molar-refractivity contribution < 1.29 is 0 Å². The van der Waals surface area contributed by atoms with Gasteiger partial charge in [-0.2, -0.15) is 0 Å². The molecule has 20 heavy (non-hydrogen) atoms. The third-order valence-corrected chi connectivity index (χ3v) is 3.94. The number of benzene rings is 2. The molecule has 0 spiro atoms. The van der Waals surface area contributed by atoms with Gasteiger partial charge < -0.3 is 10.2 Å². The summed E-state index contributed by atoms with van der Waals surface area (Å²) >= 11 is 0. The number of nitrogens with one attached hydrogen (secondary N) is 1. The number of rotatable bonds is 4. The number of anilines is 2. The maximum Gasteiger partial charge on any atom is 0.0428 e. The summed E-state index contributed by atoms with van der Waals surface area (Å²) in [5.41, 5.74) is 7.87. The molecule has 2 nitrogen and oxygen atoms in total. The molecule has 106 valence electrons. The molecule has 0 aromatic heterocycles. The first-order chi connectivity index (χ1) is 9.51. The average Bonchev–Trinajstić information content (AvgIpc) is 2.44. The second-order valence-corrected chi connectivity index (χ2v) is 5.52. The quantitative estimate of drug-likeness (QED) is 0.890. The van der Waals surface area contributed by atoms with Crippen molar-refractivity contribution in [1.29, 1.82) is 0 Å². The summed E-state index contributed by atoms with van der Waals surface area (Å²) in [6.07, 6.45) is 0. The number of hydrogen-bond donors (Lipinski definition) is 1. The molecule has 0 atom stereocenters. The third kappa shape index (κ3) is 3.13. The van der Waals surface area contributed by atoms with Gasteiger partial charge in [-0.1, -0.05) is 18.2 Å². The first kappa shape index (κ1) is 14.4. The Morgan fingerprint density at radius 2 is 1.65 bits per heavy atom. The smallest absolute Gasteiger partial charge is 0.0428 e. The van der Waals surface area contributed by atoms with Crippen LogP contribution in [-0.4, -0.2) is 14.1 Å². The summed E-state index contributed by atoms with van der Waals surface area (Å²) in [6.45, 7) is 7.48. The van der Waals surface area contributed by atoms with Crippen molar-refractivity contribution >= 4 is 11.4 Å². The highest BCUT2D eigenvalue weighted by atomic mass is 15.1. The highest BCUT2D eigenvalue weighted by molar-refractivity contribution is 5.58. The van der Waals surface area contributed by atoms with Gasteiger partial charge in [0.2, 0.25) is 0 Å². The molecule has 0 amide bonds. The van der Waals surface area contributed by atoms with E-state index in [-0.39, 0.29) is 0 Å². The molecule has 2 aromatic carbocycles. The minimum Gasteiger partial charge on any atom is -0.388 e. The van der Waals surface area contributed by atoms with Crippen molar-refractivity contribution in [2.75, 3.05) is 24.3 Å². The van der Waals surface area contributed by atoms with E-state index in [0.717, 1.165) is 12.2 Å². The maximum absolute atomic E-state index is 3.19. The van der Waals surface area contributed by atoms with Gasteiger partial charge >= 0.3 is 0 Å². The zero-order valence-electron chi connectivity index (χ0n) is 13.1. The molecule has 0 saturated heterocycles. The lowest BCUT2D eigenvalue weighted by Gasteiger charge is -2.22. The first-order valence-electron chi connectivity index (χ1n) is 7.07. The van der Waals surface area contributed by atoms with Crippen molar-refractivity contribution in [1.82, 2.24) is 0 Å². The van der Waals surface area contributed by atoms with Gasteiger partial charge in [-0.25, -0.2) is 0 Å². The number of nitrogens with zero attached hydrogens (tertiary/aromatic N) is 1. The lowest BCUT2D eigenvalue weighted by molar-refractivity contribution is 0.911. The molecule has 0 aliphatic carbocycles. The normalized spacial score (nSPS) is 10.4. The van der Waals surface area contributed by atoms with E-state index in [2.05, 4.69) is 74.4 Å². The molecule has 0 fully saturated rings. The highest BCUT2D eigenvalue weighted by Crippen LogP contribution is 2.22. The van der Waals surface area contributed by atoms with E-state index in [1.54, 1.807) is 0 Å². The van der Waals surface area contributed by atoms with Gasteiger partial charge in [0.1, 0.15) is 0 Å². The van der Waals surface area contributed by atoms with Crippen LogP contribution in [-0.2, 0) is 6.54 Å². The standard InChI is InChI=1S/C18H24N2/c1-13-9-15(3)16(10-14(13)2)12-20(5)18-8-6-7-17(11-18)19-4/h6-11,19H,12H2,1-5H3. The zero-order valence-corrected chi connectivity index (χ0v) is 13.1. The number of hydrogen-bond acceptors (Lipinski definition) is 2. The summed E-state index contributed by atoms with van der Waals surface area (Å²) in [4.78, 5) is 2.29. The number of aryl methyl sites for hydroxylation is 3. The summed E-state index contributed by atoms with van der Waals surface area (Å²) in [5, 5.41) is 3.19. The van der Waals surface area contributed by atoms with Crippen molar-refractivity contribution in [2.45, 2.75) is 27.3 Å². The molecule has 0 saturated carbocycles. The van der Waals surface area contributed by atoms with Crippen molar-refractivity contribution in [3.63, 3.8) is 0 Å².